The largest absolute Gasteiger partial charge is 0.478 e. The minimum Gasteiger partial charge on any atom is -0.478 e. The molecule has 1 saturated heterocycles. The molecule has 8 nitrogen and oxygen atoms in total. The maximum Gasteiger partial charge on any atom is 0.337 e. The number of rotatable bonds is 6. The van der Waals surface area contributed by atoms with E-state index in [0.29, 0.717) is 23.9 Å². The minimum atomic E-state index is -3.77. The number of anilines is 1. The maximum atomic E-state index is 12.8. The number of hydrogen-bond donors (Lipinski definition) is 3. The van der Waals surface area contributed by atoms with Crippen LogP contribution in [0, 0.1) is 0 Å². The lowest BCUT2D eigenvalue weighted by molar-refractivity contribution is 0.0698. The molecule has 0 saturated carbocycles. The molecule has 0 bridgehead atoms. The molecule has 1 fully saturated rings. The van der Waals surface area contributed by atoms with Crippen LogP contribution in [0.2, 0.25) is 0 Å². The number of hydrogen-bond acceptors (Lipinski definition) is 5. The van der Waals surface area contributed by atoms with Crippen LogP contribution in [0.3, 0.4) is 0 Å². The zero-order valence-corrected chi connectivity index (χ0v) is 17.6. The Bertz CT molecular complexity index is 1040. The van der Waals surface area contributed by atoms with Crippen molar-refractivity contribution in [1.82, 2.24) is 4.31 Å². The Labute approximate surface area is 176 Å². The third-order valence-corrected chi connectivity index (χ3v) is 7.18. The van der Waals surface area contributed by atoms with Gasteiger partial charge in [0, 0.05) is 22.6 Å². The number of carboxylic acid groups (broad SMARTS) is 1. The van der Waals surface area contributed by atoms with Crippen molar-refractivity contribution in [2.75, 3.05) is 18.5 Å². The Morgan fingerprint density at radius 2 is 1.86 bits per heavy atom. The molecular formula is C19H19BrN2O6S. The van der Waals surface area contributed by atoms with Crippen LogP contribution in [0.4, 0.5) is 5.69 Å². The molecule has 0 aliphatic carbocycles. The Hall–Kier alpha value is -2.27. The van der Waals surface area contributed by atoms with Crippen LogP contribution < -0.4 is 5.32 Å². The third kappa shape index (κ3) is 4.50. The van der Waals surface area contributed by atoms with Gasteiger partial charge in [0.15, 0.2) is 0 Å². The van der Waals surface area contributed by atoms with Gasteiger partial charge in [-0.1, -0.05) is 15.9 Å². The molecule has 2 aromatic rings. The highest BCUT2D eigenvalue weighted by atomic mass is 79.9. The molecule has 10 heteroatoms. The van der Waals surface area contributed by atoms with Crippen molar-refractivity contribution in [2.45, 2.75) is 23.8 Å². The standard InChI is InChI=1S/C19H19BrN2O6S/c20-13-5-8-17(16(10-13)19(25)26)21-18(24)12-3-6-15(7-4-12)29(27,28)22-9-1-2-14(22)11-23/h3-8,10,14,23H,1-2,9,11H2,(H,21,24)(H,25,26)/t14-/m1/s1. The Kier molecular flexibility index (Phi) is 6.37. The Balaban J connectivity index is 1.80. The highest BCUT2D eigenvalue weighted by molar-refractivity contribution is 9.10. The van der Waals surface area contributed by atoms with E-state index in [9.17, 15) is 28.2 Å². The monoisotopic (exact) mass is 482 g/mol. The van der Waals surface area contributed by atoms with E-state index in [-0.39, 0.29) is 28.3 Å². The van der Waals surface area contributed by atoms with Crippen molar-refractivity contribution in [3.8, 4) is 0 Å². The lowest BCUT2D eigenvalue weighted by Crippen LogP contribution is -2.37. The predicted molar refractivity (Wildman–Crippen MR) is 109 cm³/mol. The SMILES string of the molecule is O=C(Nc1ccc(Br)cc1C(=O)O)c1ccc(S(=O)(=O)N2CCC[C@@H]2CO)cc1. The van der Waals surface area contributed by atoms with E-state index in [2.05, 4.69) is 21.2 Å². The molecule has 2 aromatic carbocycles. The molecule has 29 heavy (non-hydrogen) atoms. The van der Waals surface area contributed by atoms with Crippen LogP contribution in [0.5, 0.6) is 0 Å². The molecule has 1 aliphatic heterocycles. The van der Waals surface area contributed by atoms with Gasteiger partial charge in [0.1, 0.15) is 0 Å². The zero-order valence-electron chi connectivity index (χ0n) is 15.2. The predicted octanol–water partition coefficient (Wildman–Crippen LogP) is 2.55. The topological polar surface area (TPSA) is 124 Å². The first-order valence-corrected chi connectivity index (χ1v) is 11.0. The summed E-state index contributed by atoms with van der Waals surface area (Å²) in [7, 11) is -3.77. The molecule has 0 unspecified atom stereocenters. The van der Waals surface area contributed by atoms with Crippen molar-refractivity contribution in [3.05, 3.63) is 58.1 Å². The van der Waals surface area contributed by atoms with Crippen LogP contribution in [-0.4, -0.2) is 54.0 Å². The molecule has 3 N–H and O–H groups in total. The van der Waals surface area contributed by atoms with Gasteiger partial charge in [-0.25, -0.2) is 13.2 Å². The number of aromatic carboxylic acids is 1. The average Bonchev–Trinajstić information content (AvgIpc) is 3.19. The molecule has 154 valence electrons. The van der Waals surface area contributed by atoms with Crippen molar-refractivity contribution in [1.29, 1.82) is 0 Å². The number of nitrogens with one attached hydrogen (secondary N) is 1. The fraction of sp³-hybridized carbons (Fsp3) is 0.263. The Morgan fingerprint density at radius 1 is 1.17 bits per heavy atom. The van der Waals surface area contributed by atoms with E-state index in [1.165, 1.54) is 40.7 Å². The van der Waals surface area contributed by atoms with E-state index in [1.807, 2.05) is 0 Å². The first kappa shape index (κ1) is 21.4. The van der Waals surface area contributed by atoms with Gasteiger partial charge in [-0.2, -0.15) is 4.31 Å². The van der Waals surface area contributed by atoms with Crippen molar-refractivity contribution in [3.63, 3.8) is 0 Å². The molecule has 1 heterocycles. The average molecular weight is 483 g/mol. The van der Waals surface area contributed by atoms with Crippen molar-refractivity contribution < 1.29 is 28.2 Å². The van der Waals surface area contributed by atoms with Gasteiger partial charge in [0.05, 0.1) is 22.8 Å². The fourth-order valence-corrected chi connectivity index (χ4v) is 5.26. The number of aliphatic hydroxyl groups is 1. The normalized spacial score (nSPS) is 17.2. The summed E-state index contributed by atoms with van der Waals surface area (Å²) in [6, 6.07) is 9.40. The van der Waals surface area contributed by atoms with Gasteiger partial charge in [0.25, 0.3) is 5.91 Å². The van der Waals surface area contributed by atoms with Crippen LogP contribution in [-0.2, 0) is 10.0 Å². The summed E-state index contributed by atoms with van der Waals surface area (Å²) in [5.41, 5.74) is 0.240. The van der Waals surface area contributed by atoms with Gasteiger partial charge >= 0.3 is 5.97 Å². The number of amides is 1. The lowest BCUT2D eigenvalue weighted by Gasteiger charge is -2.22. The summed E-state index contributed by atoms with van der Waals surface area (Å²) in [4.78, 5) is 23.9. The van der Waals surface area contributed by atoms with Gasteiger partial charge in [-0.15, -0.1) is 0 Å². The number of carbonyl (C=O) groups is 2. The molecule has 1 atom stereocenters. The first-order valence-electron chi connectivity index (χ1n) is 8.81. The summed E-state index contributed by atoms with van der Waals surface area (Å²) in [5.74, 6) is -1.75. The number of sulfonamides is 1. The first-order chi connectivity index (χ1) is 13.7. The van der Waals surface area contributed by atoms with Crippen molar-refractivity contribution >= 4 is 43.5 Å². The van der Waals surface area contributed by atoms with Crippen LogP contribution >= 0.6 is 15.9 Å². The zero-order chi connectivity index (χ0) is 21.2. The smallest absolute Gasteiger partial charge is 0.337 e. The number of halogens is 1. The molecular weight excluding hydrogens is 464 g/mol. The van der Waals surface area contributed by atoms with Crippen LogP contribution in [0.25, 0.3) is 0 Å². The molecule has 0 radical (unpaired) electrons. The highest BCUT2D eigenvalue weighted by Gasteiger charge is 2.34. The van der Waals surface area contributed by atoms with Gasteiger partial charge in [-0.05, 0) is 55.3 Å². The van der Waals surface area contributed by atoms with E-state index in [1.54, 1.807) is 6.07 Å². The number of carbonyl (C=O) groups excluding carboxylic acids is 1. The third-order valence-electron chi connectivity index (χ3n) is 4.72. The molecule has 3 rings (SSSR count). The lowest BCUT2D eigenvalue weighted by atomic mass is 10.1. The van der Waals surface area contributed by atoms with Crippen LogP contribution in [0.1, 0.15) is 33.6 Å². The molecule has 0 aromatic heterocycles. The number of aliphatic hydroxyl groups excluding tert-OH is 1. The van der Waals surface area contributed by atoms with E-state index in [0.717, 1.165) is 0 Å². The maximum absolute atomic E-state index is 12.8. The van der Waals surface area contributed by atoms with Gasteiger partial charge in [-0.3, -0.25) is 4.79 Å². The molecule has 1 aliphatic rings. The number of benzene rings is 2. The molecule has 1 amide bonds. The second kappa shape index (κ2) is 8.62. The quantitative estimate of drug-likeness (QED) is 0.580. The van der Waals surface area contributed by atoms with Crippen LogP contribution in [0.15, 0.2) is 51.8 Å². The summed E-state index contributed by atoms with van der Waals surface area (Å²) < 4.78 is 27.4. The van der Waals surface area contributed by atoms with E-state index in [4.69, 9.17) is 0 Å². The second-order valence-corrected chi connectivity index (χ2v) is 9.37. The summed E-state index contributed by atoms with van der Waals surface area (Å²) in [6.45, 7) is 0.107. The van der Waals surface area contributed by atoms with Gasteiger partial charge < -0.3 is 15.5 Å². The summed E-state index contributed by atoms with van der Waals surface area (Å²) in [5, 5.41) is 21.2. The Morgan fingerprint density at radius 3 is 2.48 bits per heavy atom. The summed E-state index contributed by atoms with van der Waals surface area (Å²) in [6.07, 6.45) is 1.29. The van der Waals surface area contributed by atoms with E-state index >= 15 is 0 Å². The minimum absolute atomic E-state index is 0.0317. The van der Waals surface area contributed by atoms with Gasteiger partial charge in [0.2, 0.25) is 10.0 Å². The summed E-state index contributed by atoms with van der Waals surface area (Å²) >= 11 is 3.19. The fourth-order valence-electron chi connectivity index (χ4n) is 3.22. The van der Waals surface area contributed by atoms with E-state index < -0.39 is 27.9 Å². The van der Waals surface area contributed by atoms with Crippen molar-refractivity contribution in [2.24, 2.45) is 0 Å². The number of carboxylic acids is 1. The highest BCUT2D eigenvalue weighted by Crippen LogP contribution is 2.26. The number of nitrogens with zero attached hydrogens (tertiary/aromatic N) is 1. The second-order valence-electron chi connectivity index (χ2n) is 6.57. The molecule has 0 spiro atoms.